The topological polar surface area (TPSA) is 29.5 Å². The zero-order valence-corrected chi connectivity index (χ0v) is 8.97. The van der Waals surface area contributed by atoms with E-state index in [1.165, 1.54) is 5.56 Å². The normalized spacial score (nSPS) is 13.8. The van der Waals surface area contributed by atoms with Crippen LogP contribution in [0, 0.1) is 0 Å². The number of hydrogen-bond acceptors (Lipinski definition) is 2. The molecule has 1 aliphatic heterocycles. The van der Waals surface area contributed by atoms with Crippen molar-refractivity contribution in [2.24, 2.45) is 0 Å². The first-order valence-electron chi connectivity index (χ1n) is 4.31. The van der Waals surface area contributed by atoms with Gasteiger partial charge in [0.1, 0.15) is 5.75 Å². The maximum absolute atomic E-state index is 9.51. The standard InChI is InChI=1S/C9H10BBrO2/c1-10(12)8-5-7(11)4-6-2-3-13-9(6)8/h4-5,12H,2-3H2,1H3. The molecule has 1 heterocycles. The third-order valence-corrected chi connectivity index (χ3v) is 2.69. The molecule has 1 N–H and O–H groups in total. The lowest BCUT2D eigenvalue weighted by molar-refractivity contribution is 0.358. The third kappa shape index (κ3) is 1.60. The number of hydrogen-bond donors (Lipinski definition) is 1. The van der Waals surface area contributed by atoms with Gasteiger partial charge in [0.25, 0.3) is 0 Å². The second-order valence-electron chi connectivity index (χ2n) is 3.26. The molecule has 13 heavy (non-hydrogen) atoms. The Morgan fingerprint density at radius 2 is 2.31 bits per heavy atom. The van der Waals surface area contributed by atoms with Gasteiger partial charge in [0.15, 0.2) is 0 Å². The molecule has 0 saturated heterocycles. The minimum atomic E-state index is -0.468. The van der Waals surface area contributed by atoms with Crippen LogP contribution in [0.3, 0.4) is 0 Å². The predicted molar refractivity (Wildman–Crippen MR) is 56.8 cm³/mol. The van der Waals surface area contributed by atoms with Gasteiger partial charge in [-0.25, -0.2) is 0 Å². The van der Waals surface area contributed by atoms with E-state index in [1.807, 2.05) is 12.1 Å². The summed E-state index contributed by atoms with van der Waals surface area (Å²) in [5.74, 6) is 0.873. The molecular formula is C9H10BBrO2. The summed E-state index contributed by atoms with van der Waals surface area (Å²) in [4.78, 5) is 0. The largest absolute Gasteiger partial charge is 0.493 e. The molecule has 2 nitrogen and oxygen atoms in total. The quantitative estimate of drug-likeness (QED) is 0.748. The lowest BCUT2D eigenvalue weighted by atomic mass is 9.63. The molecule has 0 spiro atoms. The van der Waals surface area contributed by atoms with Crippen molar-refractivity contribution in [3.05, 3.63) is 22.2 Å². The van der Waals surface area contributed by atoms with Crippen LogP contribution in [0.25, 0.3) is 0 Å². The molecule has 0 saturated carbocycles. The third-order valence-electron chi connectivity index (χ3n) is 2.23. The van der Waals surface area contributed by atoms with Crippen molar-refractivity contribution in [1.29, 1.82) is 0 Å². The highest BCUT2D eigenvalue weighted by Crippen LogP contribution is 2.26. The van der Waals surface area contributed by atoms with Gasteiger partial charge in [0.2, 0.25) is 0 Å². The zero-order valence-electron chi connectivity index (χ0n) is 7.38. The lowest BCUT2D eigenvalue weighted by Crippen LogP contribution is -2.27. The van der Waals surface area contributed by atoms with E-state index >= 15 is 0 Å². The molecule has 1 aromatic rings. The first-order chi connectivity index (χ1) is 6.18. The van der Waals surface area contributed by atoms with Crippen LogP contribution in [-0.2, 0) is 6.42 Å². The van der Waals surface area contributed by atoms with Crippen LogP contribution in [0.15, 0.2) is 16.6 Å². The second-order valence-corrected chi connectivity index (χ2v) is 4.17. The van der Waals surface area contributed by atoms with Gasteiger partial charge in [0, 0.05) is 10.9 Å². The summed E-state index contributed by atoms with van der Waals surface area (Å²) in [5, 5.41) is 9.51. The summed E-state index contributed by atoms with van der Waals surface area (Å²) in [6.07, 6.45) is 0.939. The Labute approximate surface area is 86.2 Å². The summed E-state index contributed by atoms with van der Waals surface area (Å²) >= 11 is 3.42. The lowest BCUT2D eigenvalue weighted by Gasteiger charge is -2.08. The van der Waals surface area contributed by atoms with Gasteiger partial charge in [0.05, 0.1) is 6.61 Å². The Morgan fingerprint density at radius 1 is 1.54 bits per heavy atom. The molecule has 0 aliphatic carbocycles. The fourth-order valence-electron chi connectivity index (χ4n) is 1.61. The Balaban J connectivity index is 2.55. The van der Waals surface area contributed by atoms with E-state index in [0.29, 0.717) is 0 Å². The van der Waals surface area contributed by atoms with Crippen LogP contribution >= 0.6 is 15.9 Å². The van der Waals surface area contributed by atoms with Gasteiger partial charge in [-0.3, -0.25) is 0 Å². The zero-order chi connectivity index (χ0) is 9.42. The summed E-state index contributed by atoms with van der Waals surface area (Å²) < 4.78 is 6.47. The van der Waals surface area contributed by atoms with Crippen LogP contribution in [0.1, 0.15) is 5.56 Å². The Kier molecular flexibility index (Phi) is 2.34. The Morgan fingerprint density at radius 3 is 3.00 bits per heavy atom. The molecule has 4 heteroatoms. The van der Waals surface area contributed by atoms with Gasteiger partial charge in [-0.05, 0) is 23.2 Å². The van der Waals surface area contributed by atoms with E-state index < -0.39 is 6.92 Å². The first-order valence-corrected chi connectivity index (χ1v) is 5.11. The minimum Gasteiger partial charge on any atom is -0.493 e. The molecule has 1 aromatic carbocycles. The highest BCUT2D eigenvalue weighted by atomic mass is 79.9. The maximum atomic E-state index is 9.51. The molecule has 68 valence electrons. The van der Waals surface area contributed by atoms with Crippen LogP contribution in [0.5, 0.6) is 5.75 Å². The summed E-state index contributed by atoms with van der Waals surface area (Å²) in [6, 6.07) is 3.96. The summed E-state index contributed by atoms with van der Waals surface area (Å²) in [5.41, 5.74) is 2.06. The smallest absolute Gasteiger partial charge is 0.324 e. The fourth-order valence-corrected chi connectivity index (χ4v) is 2.13. The molecule has 0 radical (unpaired) electrons. The molecule has 1 aliphatic rings. The SMILES string of the molecule is CB(O)c1cc(Br)cc2c1OCC2. The molecule has 0 amide bonds. The number of fused-ring (bicyclic) bond motifs is 1. The molecule has 0 atom stereocenters. The molecule has 0 fully saturated rings. The van der Waals surface area contributed by atoms with Crippen molar-refractivity contribution in [3.63, 3.8) is 0 Å². The average molecular weight is 241 g/mol. The van der Waals surface area contributed by atoms with Crippen LogP contribution < -0.4 is 10.2 Å². The number of ether oxygens (including phenoxy) is 1. The minimum absolute atomic E-state index is 0.468. The van der Waals surface area contributed by atoms with E-state index in [-0.39, 0.29) is 0 Å². The van der Waals surface area contributed by atoms with E-state index in [0.717, 1.165) is 28.7 Å². The van der Waals surface area contributed by atoms with Crippen molar-refractivity contribution in [2.75, 3.05) is 6.61 Å². The Hall–Kier alpha value is -0.475. The van der Waals surface area contributed by atoms with E-state index in [9.17, 15) is 5.02 Å². The van der Waals surface area contributed by atoms with E-state index in [4.69, 9.17) is 4.74 Å². The highest BCUT2D eigenvalue weighted by Gasteiger charge is 2.21. The van der Waals surface area contributed by atoms with Crippen molar-refractivity contribution >= 4 is 28.3 Å². The maximum Gasteiger partial charge on any atom is 0.324 e. The van der Waals surface area contributed by atoms with Crippen molar-refractivity contribution in [3.8, 4) is 5.75 Å². The first kappa shape index (κ1) is 9.09. The number of rotatable bonds is 1. The summed E-state index contributed by atoms with van der Waals surface area (Å²) in [7, 11) is 0. The van der Waals surface area contributed by atoms with Gasteiger partial charge in [-0.1, -0.05) is 22.8 Å². The van der Waals surface area contributed by atoms with Gasteiger partial charge in [-0.15, -0.1) is 0 Å². The monoisotopic (exact) mass is 240 g/mol. The highest BCUT2D eigenvalue weighted by molar-refractivity contribution is 9.10. The molecule has 0 aromatic heterocycles. The van der Waals surface area contributed by atoms with Crippen molar-refractivity contribution in [2.45, 2.75) is 13.2 Å². The fraction of sp³-hybridized carbons (Fsp3) is 0.333. The summed E-state index contributed by atoms with van der Waals surface area (Å²) in [6.45, 7) is 2.01. The number of benzene rings is 1. The molecule has 2 rings (SSSR count). The number of halogens is 1. The molecular weight excluding hydrogens is 231 g/mol. The van der Waals surface area contributed by atoms with Crippen LogP contribution in [0.2, 0.25) is 6.82 Å². The van der Waals surface area contributed by atoms with Gasteiger partial charge < -0.3 is 9.76 Å². The average Bonchev–Trinajstić information content (AvgIpc) is 2.49. The van der Waals surface area contributed by atoms with Crippen molar-refractivity contribution in [1.82, 2.24) is 0 Å². The van der Waals surface area contributed by atoms with Crippen molar-refractivity contribution < 1.29 is 9.76 Å². The van der Waals surface area contributed by atoms with E-state index in [1.54, 1.807) is 6.82 Å². The Bertz CT molecular complexity index is 339. The molecule has 0 bridgehead atoms. The van der Waals surface area contributed by atoms with Crippen LogP contribution in [-0.4, -0.2) is 18.5 Å². The van der Waals surface area contributed by atoms with Gasteiger partial charge >= 0.3 is 6.92 Å². The predicted octanol–water partition coefficient (Wildman–Crippen LogP) is 1.20. The second kappa shape index (κ2) is 3.35. The van der Waals surface area contributed by atoms with E-state index in [2.05, 4.69) is 15.9 Å². The van der Waals surface area contributed by atoms with Crippen LogP contribution in [0.4, 0.5) is 0 Å². The van der Waals surface area contributed by atoms with Gasteiger partial charge in [-0.2, -0.15) is 0 Å². The molecule has 0 unspecified atom stereocenters.